The van der Waals surface area contributed by atoms with Crippen molar-refractivity contribution in [1.29, 1.82) is 0 Å². The molecule has 1 aromatic carbocycles. The van der Waals surface area contributed by atoms with Gasteiger partial charge in [-0.15, -0.1) is 0 Å². The first-order valence-corrected chi connectivity index (χ1v) is 9.06. The van der Waals surface area contributed by atoms with Crippen molar-refractivity contribution in [2.24, 2.45) is 0 Å². The quantitative estimate of drug-likeness (QED) is 0.566. The van der Waals surface area contributed by atoms with Crippen LogP contribution in [-0.2, 0) is 23.9 Å². The molecule has 0 saturated carbocycles. The van der Waals surface area contributed by atoms with Crippen LogP contribution in [0.5, 0.6) is 0 Å². The second-order valence-electron chi connectivity index (χ2n) is 10.5. The van der Waals surface area contributed by atoms with Crippen LogP contribution in [0.4, 0.5) is 0 Å². The Hall–Kier alpha value is -0.820. The van der Waals surface area contributed by atoms with Crippen molar-refractivity contribution < 1.29 is 0 Å². The third kappa shape index (κ3) is 3.22. The lowest BCUT2D eigenvalue weighted by atomic mass is 9.69. The minimum Gasteiger partial charge on any atom is -0.290 e. The van der Waals surface area contributed by atoms with Gasteiger partial charge in [0.05, 0.1) is 0 Å². The second kappa shape index (κ2) is 5.34. The molecule has 0 aliphatic carbocycles. The Balaban J connectivity index is 2.78. The molecule has 1 heteroatoms. The van der Waals surface area contributed by atoms with Gasteiger partial charge in [0, 0.05) is 18.6 Å². The highest BCUT2D eigenvalue weighted by molar-refractivity contribution is 5.57. The number of fused-ring (bicyclic) bond motifs is 1. The summed E-state index contributed by atoms with van der Waals surface area (Å²) in [6.07, 6.45) is 0. The smallest absolute Gasteiger partial charge is 0.0248 e. The van der Waals surface area contributed by atoms with Gasteiger partial charge < -0.3 is 0 Å². The SMILES string of the molecule is Cc1c2c(c(C)c(C(C)(C)C)c1C(C)(C)C)CN(C(C)(C)C)C2. The monoisotopic (exact) mass is 315 g/mol. The van der Waals surface area contributed by atoms with Crippen LogP contribution in [0.3, 0.4) is 0 Å². The van der Waals surface area contributed by atoms with Crippen molar-refractivity contribution in [2.75, 3.05) is 0 Å². The molecule has 0 aromatic heterocycles. The van der Waals surface area contributed by atoms with E-state index >= 15 is 0 Å². The summed E-state index contributed by atoms with van der Waals surface area (Å²) in [5.74, 6) is 0. The van der Waals surface area contributed by atoms with Crippen molar-refractivity contribution in [2.45, 2.75) is 106 Å². The first kappa shape index (κ1) is 18.5. The van der Waals surface area contributed by atoms with Crippen LogP contribution in [0.2, 0.25) is 0 Å². The molecule has 0 amide bonds. The molecule has 0 unspecified atom stereocenters. The van der Waals surface area contributed by atoms with Gasteiger partial charge in [-0.1, -0.05) is 41.5 Å². The predicted molar refractivity (Wildman–Crippen MR) is 102 cm³/mol. The Morgan fingerprint density at radius 2 is 0.913 bits per heavy atom. The van der Waals surface area contributed by atoms with E-state index in [1.165, 1.54) is 11.1 Å². The molecule has 0 spiro atoms. The van der Waals surface area contributed by atoms with Gasteiger partial charge in [-0.25, -0.2) is 0 Å². The van der Waals surface area contributed by atoms with Crippen LogP contribution in [-0.4, -0.2) is 10.4 Å². The summed E-state index contributed by atoms with van der Waals surface area (Å²) in [5.41, 5.74) is 10.0. The Kier molecular flexibility index (Phi) is 4.30. The molecule has 23 heavy (non-hydrogen) atoms. The molecule has 1 heterocycles. The zero-order valence-corrected chi connectivity index (χ0v) is 17.4. The van der Waals surface area contributed by atoms with Gasteiger partial charge in [-0.2, -0.15) is 0 Å². The molecule has 0 N–H and O–H groups in total. The fourth-order valence-corrected chi connectivity index (χ4v) is 4.34. The van der Waals surface area contributed by atoms with E-state index in [2.05, 4.69) is 81.1 Å². The summed E-state index contributed by atoms with van der Waals surface area (Å²) in [4.78, 5) is 2.62. The van der Waals surface area contributed by atoms with Gasteiger partial charge in [0.25, 0.3) is 0 Å². The van der Waals surface area contributed by atoms with Crippen molar-refractivity contribution in [3.63, 3.8) is 0 Å². The molecule has 2 rings (SSSR count). The Labute approximate surface area is 144 Å². The van der Waals surface area contributed by atoms with Crippen molar-refractivity contribution in [3.05, 3.63) is 33.4 Å². The number of hydrogen-bond acceptors (Lipinski definition) is 1. The van der Waals surface area contributed by atoms with E-state index in [1.807, 2.05) is 0 Å². The minimum absolute atomic E-state index is 0.182. The molecule has 0 atom stereocenters. The maximum Gasteiger partial charge on any atom is 0.0248 e. The number of hydrogen-bond donors (Lipinski definition) is 0. The summed E-state index contributed by atoms with van der Waals surface area (Å²) >= 11 is 0. The van der Waals surface area contributed by atoms with Crippen LogP contribution in [0.1, 0.15) is 95.7 Å². The van der Waals surface area contributed by atoms with Gasteiger partial charge in [-0.3, -0.25) is 4.90 Å². The zero-order valence-electron chi connectivity index (χ0n) is 17.4. The van der Waals surface area contributed by atoms with E-state index < -0.39 is 0 Å². The molecule has 1 aliphatic rings. The lowest BCUT2D eigenvalue weighted by Crippen LogP contribution is -2.36. The first-order chi connectivity index (χ1) is 10.2. The third-order valence-electron chi connectivity index (χ3n) is 5.42. The van der Waals surface area contributed by atoms with Crippen LogP contribution >= 0.6 is 0 Å². The fraction of sp³-hybridized carbons (Fsp3) is 0.727. The molecule has 130 valence electrons. The van der Waals surface area contributed by atoms with Crippen LogP contribution in [0.25, 0.3) is 0 Å². The summed E-state index contributed by atoms with van der Waals surface area (Å²) < 4.78 is 0. The second-order valence-corrected chi connectivity index (χ2v) is 10.5. The van der Waals surface area contributed by atoms with Crippen LogP contribution < -0.4 is 0 Å². The van der Waals surface area contributed by atoms with E-state index in [1.54, 1.807) is 22.3 Å². The maximum absolute atomic E-state index is 2.62. The molecule has 0 radical (unpaired) electrons. The van der Waals surface area contributed by atoms with E-state index in [0.717, 1.165) is 13.1 Å². The number of nitrogens with zero attached hydrogens (tertiary/aromatic N) is 1. The predicted octanol–water partition coefficient (Wildman–Crippen LogP) is 6.01. The fourth-order valence-electron chi connectivity index (χ4n) is 4.34. The topological polar surface area (TPSA) is 3.24 Å². The number of rotatable bonds is 0. The standard InChI is InChI=1S/C22H37N/c1-14-16-12-23(22(9,10)11)13-17(16)15(2)19(21(6,7)8)18(14)20(3,4)5/h12-13H2,1-11H3. The first-order valence-electron chi connectivity index (χ1n) is 9.06. The average Bonchev–Trinajstić information content (AvgIpc) is 2.75. The Morgan fingerprint density at radius 1 is 0.609 bits per heavy atom. The van der Waals surface area contributed by atoms with E-state index in [-0.39, 0.29) is 16.4 Å². The van der Waals surface area contributed by atoms with Gasteiger partial charge >= 0.3 is 0 Å². The zero-order chi connectivity index (χ0) is 18.0. The molecule has 0 fully saturated rings. The largest absolute Gasteiger partial charge is 0.290 e. The maximum atomic E-state index is 2.62. The highest BCUT2D eigenvalue weighted by atomic mass is 15.2. The van der Waals surface area contributed by atoms with Crippen molar-refractivity contribution >= 4 is 0 Å². The Morgan fingerprint density at radius 3 is 1.13 bits per heavy atom. The minimum atomic E-state index is 0.182. The number of benzene rings is 1. The summed E-state index contributed by atoms with van der Waals surface area (Å²) in [6.45, 7) is 28.1. The van der Waals surface area contributed by atoms with E-state index in [4.69, 9.17) is 0 Å². The van der Waals surface area contributed by atoms with Gasteiger partial charge in [0.15, 0.2) is 0 Å². The lowest BCUT2D eigenvalue weighted by molar-refractivity contribution is 0.136. The molecular formula is C22H37N. The van der Waals surface area contributed by atoms with Gasteiger partial charge in [0.1, 0.15) is 0 Å². The molecule has 0 saturated heterocycles. The lowest BCUT2D eigenvalue weighted by Gasteiger charge is -2.35. The van der Waals surface area contributed by atoms with E-state index in [9.17, 15) is 0 Å². The molecule has 1 aliphatic heterocycles. The summed E-state index contributed by atoms with van der Waals surface area (Å²) in [6, 6.07) is 0. The summed E-state index contributed by atoms with van der Waals surface area (Å²) in [5, 5.41) is 0. The van der Waals surface area contributed by atoms with Gasteiger partial charge in [0.2, 0.25) is 0 Å². The van der Waals surface area contributed by atoms with Crippen molar-refractivity contribution in [1.82, 2.24) is 4.90 Å². The highest BCUT2D eigenvalue weighted by Crippen LogP contribution is 2.44. The molecular weight excluding hydrogens is 278 g/mol. The Bertz CT molecular complexity index is 567. The van der Waals surface area contributed by atoms with Crippen LogP contribution in [0.15, 0.2) is 0 Å². The van der Waals surface area contributed by atoms with Crippen LogP contribution in [0, 0.1) is 13.8 Å². The molecule has 0 bridgehead atoms. The molecule has 1 nitrogen and oxygen atoms in total. The normalized spacial score (nSPS) is 16.8. The third-order valence-corrected chi connectivity index (χ3v) is 5.42. The molecule has 1 aromatic rings. The summed E-state index contributed by atoms with van der Waals surface area (Å²) in [7, 11) is 0. The van der Waals surface area contributed by atoms with E-state index in [0.29, 0.717) is 0 Å². The van der Waals surface area contributed by atoms with Gasteiger partial charge in [-0.05, 0) is 78.8 Å². The van der Waals surface area contributed by atoms with Crippen molar-refractivity contribution in [3.8, 4) is 0 Å². The highest BCUT2D eigenvalue weighted by Gasteiger charge is 2.36. The average molecular weight is 316 g/mol.